The number of nitrogens with zero attached hydrogens (tertiary/aromatic N) is 3. The van der Waals surface area contributed by atoms with Gasteiger partial charge in [-0.2, -0.15) is 0 Å². The van der Waals surface area contributed by atoms with E-state index in [2.05, 4.69) is 20.3 Å². The van der Waals surface area contributed by atoms with Gasteiger partial charge in [-0.3, -0.25) is 0 Å². The second-order valence-corrected chi connectivity index (χ2v) is 7.32. The van der Waals surface area contributed by atoms with Crippen LogP contribution >= 0.6 is 0 Å². The highest BCUT2D eigenvalue weighted by Crippen LogP contribution is 2.40. The summed E-state index contributed by atoms with van der Waals surface area (Å²) in [6, 6.07) is 21.1. The molecule has 0 atom stereocenters. The molecule has 2 heterocycles. The minimum Gasteiger partial charge on any atom is -0.496 e. The van der Waals surface area contributed by atoms with E-state index in [0.29, 0.717) is 28.6 Å². The van der Waals surface area contributed by atoms with Crippen LogP contribution in [0.3, 0.4) is 0 Å². The molecule has 3 aromatic carbocycles. The first-order valence-corrected chi connectivity index (χ1v) is 10.3. The molecule has 0 aliphatic carbocycles. The Kier molecular flexibility index (Phi) is 5.24. The highest BCUT2D eigenvalue weighted by Gasteiger charge is 2.18. The number of nitrogens with one attached hydrogen (secondary N) is 2. The number of nitrogens with two attached hydrogens (primary N) is 1. The quantitative estimate of drug-likeness (QED) is 0.319. The van der Waals surface area contributed by atoms with Crippen molar-refractivity contribution in [1.29, 1.82) is 0 Å². The number of benzene rings is 3. The van der Waals surface area contributed by atoms with Crippen LogP contribution < -0.4 is 20.5 Å². The van der Waals surface area contributed by atoms with Gasteiger partial charge in [-0.15, -0.1) is 0 Å². The number of anilines is 3. The third-order valence-corrected chi connectivity index (χ3v) is 5.36. The van der Waals surface area contributed by atoms with E-state index in [0.717, 1.165) is 33.7 Å². The molecule has 8 nitrogen and oxygen atoms in total. The Hall–Kier alpha value is -4.59. The van der Waals surface area contributed by atoms with Crippen molar-refractivity contribution >= 4 is 28.2 Å². The van der Waals surface area contributed by atoms with Gasteiger partial charge in [0.25, 0.3) is 0 Å². The molecule has 5 aromatic rings. The van der Waals surface area contributed by atoms with Crippen molar-refractivity contribution in [2.45, 2.75) is 0 Å². The van der Waals surface area contributed by atoms with E-state index in [4.69, 9.17) is 20.2 Å². The van der Waals surface area contributed by atoms with Crippen LogP contribution in [0.15, 0.2) is 73.1 Å². The van der Waals surface area contributed by atoms with E-state index in [1.54, 1.807) is 14.2 Å². The lowest BCUT2D eigenvalue weighted by Gasteiger charge is -2.15. The summed E-state index contributed by atoms with van der Waals surface area (Å²) in [5.41, 5.74) is 11.8. The van der Waals surface area contributed by atoms with Crippen LogP contribution in [0.2, 0.25) is 0 Å². The maximum absolute atomic E-state index is 6.49. The fourth-order valence-electron chi connectivity index (χ4n) is 3.78. The van der Waals surface area contributed by atoms with Crippen LogP contribution in [-0.4, -0.2) is 34.2 Å². The predicted octanol–water partition coefficient (Wildman–Crippen LogP) is 5.03. The average Bonchev–Trinajstić information content (AvgIpc) is 3.28. The Morgan fingerprint density at radius 2 is 1.67 bits per heavy atom. The van der Waals surface area contributed by atoms with Gasteiger partial charge in [0, 0.05) is 11.6 Å². The van der Waals surface area contributed by atoms with Crippen LogP contribution in [0.25, 0.3) is 33.7 Å². The van der Waals surface area contributed by atoms with Gasteiger partial charge >= 0.3 is 0 Å². The van der Waals surface area contributed by atoms with E-state index < -0.39 is 0 Å². The number of aromatic amines is 1. The number of aromatic nitrogens is 4. The normalized spacial score (nSPS) is 10.8. The van der Waals surface area contributed by atoms with Gasteiger partial charge in [0.15, 0.2) is 0 Å². The molecule has 0 spiro atoms. The molecular weight excluding hydrogens is 416 g/mol. The SMILES string of the molecule is COc1ccccc1-c1cc(Nc2ccc(OC)c(N)c2-c2nc3ccccc3[nH]2)ncn1. The number of para-hydroxylation sites is 3. The van der Waals surface area contributed by atoms with Gasteiger partial charge in [0.05, 0.1) is 47.9 Å². The summed E-state index contributed by atoms with van der Waals surface area (Å²) < 4.78 is 10.9. The zero-order valence-corrected chi connectivity index (χ0v) is 18.2. The van der Waals surface area contributed by atoms with Crippen LogP contribution in [0.4, 0.5) is 17.2 Å². The topological polar surface area (TPSA) is 111 Å². The number of fused-ring (bicyclic) bond motifs is 1. The molecule has 8 heteroatoms. The van der Waals surface area contributed by atoms with Crippen molar-refractivity contribution in [3.63, 3.8) is 0 Å². The smallest absolute Gasteiger partial charge is 0.142 e. The van der Waals surface area contributed by atoms with Crippen LogP contribution in [0.1, 0.15) is 0 Å². The van der Waals surface area contributed by atoms with Crippen LogP contribution in [0, 0.1) is 0 Å². The average molecular weight is 438 g/mol. The second-order valence-electron chi connectivity index (χ2n) is 7.32. The number of hydrogen-bond acceptors (Lipinski definition) is 7. The lowest BCUT2D eigenvalue weighted by atomic mass is 10.1. The molecule has 0 saturated heterocycles. The van der Waals surface area contributed by atoms with E-state index in [1.165, 1.54) is 6.33 Å². The Bertz CT molecular complexity index is 1410. The number of H-pyrrole nitrogens is 1. The standard InChI is InChI=1S/C25H22N6O2/c1-32-20-10-6-3-7-15(20)19-13-22(28-14-27-19)29-18-11-12-21(33-2)24(26)23(18)25-30-16-8-4-5-9-17(16)31-25/h3-14H,26H2,1-2H3,(H,30,31)(H,27,28,29). The molecule has 0 bridgehead atoms. The summed E-state index contributed by atoms with van der Waals surface area (Å²) in [5, 5.41) is 3.37. The van der Waals surface area contributed by atoms with Gasteiger partial charge in [-0.25, -0.2) is 15.0 Å². The first-order valence-electron chi connectivity index (χ1n) is 10.3. The first-order chi connectivity index (χ1) is 16.2. The summed E-state index contributed by atoms with van der Waals surface area (Å²) in [6.07, 6.45) is 1.51. The van der Waals surface area contributed by atoms with Crippen molar-refractivity contribution in [2.24, 2.45) is 0 Å². The van der Waals surface area contributed by atoms with Crippen molar-refractivity contribution in [1.82, 2.24) is 19.9 Å². The number of ether oxygens (including phenoxy) is 2. The Labute approximate surface area is 190 Å². The van der Waals surface area contributed by atoms with Gasteiger partial charge in [-0.1, -0.05) is 24.3 Å². The molecule has 4 N–H and O–H groups in total. The zero-order valence-electron chi connectivity index (χ0n) is 18.2. The number of methoxy groups -OCH3 is 2. The summed E-state index contributed by atoms with van der Waals surface area (Å²) >= 11 is 0. The number of nitrogen functional groups attached to an aromatic ring is 1. The third kappa shape index (κ3) is 3.78. The van der Waals surface area contributed by atoms with E-state index in [1.807, 2.05) is 66.7 Å². The summed E-state index contributed by atoms with van der Waals surface area (Å²) in [7, 11) is 3.23. The molecule has 33 heavy (non-hydrogen) atoms. The molecule has 0 fully saturated rings. The van der Waals surface area contributed by atoms with Gasteiger partial charge in [0.1, 0.15) is 29.5 Å². The maximum atomic E-state index is 6.49. The number of rotatable bonds is 6. The van der Waals surface area contributed by atoms with Gasteiger partial charge < -0.3 is 25.5 Å². The van der Waals surface area contributed by atoms with E-state index in [9.17, 15) is 0 Å². The molecule has 2 aromatic heterocycles. The van der Waals surface area contributed by atoms with Crippen LogP contribution in [0.5, 0.6) is 11.5 Å². The van der Waals surface area contributed by atoms with Crippen LogP contribution in [-0.2, 0) is 0 Å². The second kappa shape index (κ2) is 8.51. The number of imidazole rings is 1. The molecule has 0 amide bonds. The lowest BCUT2D eigenvalue weighted by Crippen LogP contribution is -2.02. The van der Waals surface area contributed by atoms with Gasteiger partial charge in [-0.05, 0) is 36.4 Å². The molecule has 0 aliphatic heterocycles. The first kappa shape index (κ1) is 20.3. The molecule has 0 saturated carbocycles. The fourth-order valence-corrected chi connectivity index (χ4v) is 3.78. The minimum absolute atomic E-state index is 0.473. The maximum Gasteiger partial charge on any atom is 0.142 e. The fraction of sp³-hybridized carbons (Fsp3) is 0.0800. The van der Waals surface area contributed by atoms with Crippen molar-refractivity contribution in [3.05, 3.63) is 73.1 Å². The van der Waals surface area contributed by atoms with E-state index >= 15 is 0 Å². The summed E-state index contributed by atoms with van der Waals surface area (Å²) in [4.78, 5) is 16.9. The predicted molar refractivity (Wildman–Crippen MR) is 130 cm³/mol. The van der Waals surface area contributed by atoms with E-state index in [-0.39, 0.29) is 0 Å². The Balaban J connectivity index is 1.59. The lowest BCUT2D eigenvalue weighted by molar-refractivity contribution is 0.416. The molecule has 0 aliphatic rings. The molecular formula is C25H22N6O2. The monoisotopic (exact) mass is 438 g/mol. The third-order valence-electron chi connectivity index (χ3n) is 5.36. The highest BCUT2D eigenvalue weighted by atomic mass is 16.5. The van der Waals surface area contributed by atoms with Gasteiger partial charge in [0.2, 0.25) is 0 Å². The molecule has 5 rings (SSSR count). The number of hydrogen-bond donors (Lipinski definition) is 3. The highest BCUT2D eigenvalue weighted by molar-refractivity contribution is 5.92. The minimum atomic E-state index is 0.473. The summed E-state index contributed by atoms with van der Waals surface area (Å²) in [6.45, 7) is 0. The summed E-state index contributed by atoms with van der Waals surface area (Å²) in [5.74, 6) is 2.54. The van der Waals surface area contributed by atoms with Crippen molar-refractivity contribution in [2.75, 3.05) is 25.3 Å². The molecule has 0 unspecified atom stereocenters. The van der Waals surface area contributed by atoms with Crippen molar-refractivity contribution in [3.8, 4) is 34.1 Å². The largest absolute Gasteiger partial charge is 0.496 e. The Morgan fingerprint density at radius 1 is 0.879 bits per heavy atom. The van der Waals surface area contributed by atoms with Crippen molar-refractivity contribution < 1.29 is 9.47 Å². The Morgan fingerprint density at radius 3 is 2.48 bits per heavy atom. The molecule has 164 valence electrons. The zero-order chi connectivity index (χ0) is 22.8. The molecule has 0 radical (unpaired) electrons.